The van der Waals surface area contributed by atoms with Gasteiger partial charge in [-0.3, -0.25) is 0 Å². The molecule has 0 bridgehead atoms. The van der Waals surface area contributed by atoms with Gasteiger partial charge in [0.25, 0.3) is 0 Å². The summed E-state index contributed by atoms with van der Waals surface area (Å²) in [5.74, 6) is 2.06. The third-order valence-electron chi connectivity index (χ3n) is 3.49. The minimum atomic E-state index is 0.752. The number of nitrogens with two attached hydrogens (primary N) is 1. The maximum Gasteiger partial charge on any atom is 0.00671 e. The molecular formula is C12H26N2S. The summed E-state index contributed by atoms with van der Waals surface area (Å²) in [5, 5.41) is 0. The highest BCUT2D eigenvalue weighted by atomic mass is 32.2. The van der Waals surface area contributed by atoms with Crippen LogP contribution in [0.4, 0.5) is 0 Å². The van der Waals surface area contributed by atoms with Gasteiger partial charge in [-0.15, -0.1) is 0 Å². The van der Waals surface area contributed by atoms with E-state index in [4.69, 9.17) is 5.73 Å². The van der Waals surface area contributed by atoms with E-state index in [1.807, 2.05) is 11.8 Å². The molecule has 1 fully saturated rings. The number of unbranched alkanes of at least 4 members (excludes halogenated alkanes) is 1. The molecule has 3 heteroatoms. The first kappa shape index (κ1) is 13.3. The van der Waals surface area contributed by atoms with Gasteiger partial charge in [0, 0.05) is 12.6 Å². The Hall–Kier alpha value is 0.270. The van der Waals surface area contributed by atoms with Crippen molar-refractivity contribution in [2.24, 2.45) is 11.7 Å². The van der Waals surface area contributed by atoms with Crippen molar-refractivity contribution < 1.29 is 0 Å². The normalized spacial score (nSPS) is 28.2. The molecular weight excluding hydrogens is 204 g/mol. The van der Waals surface area contributed by atoms with Crippen LogP contribution < -0.4 is 5.73 Å². The average Bonchev–Trinajstić information content (AvgIpc) is 2.26. The molecule has 0 saturated carbocycles. The van der Waals surface area contributed by atoms with E-state index in [1.54, 1.807) is 0 Å². The molecule has 2 atom stereocenters. The van der Waals surface area contributed by atoms with Crippen molar-refractivity contribution in [2.45, 2.75) is 38.6 Å². The van der Waals surface area contributed by atoms with Gasteiger partial charge >= 0.3 is 0 Å². The lowest BCUT2D eigenvalue weighted by atomic mass is 9.93. The quantitative estimate of drug-likeness (QED) is 0.709. The molecule has 90 valence electrons. The zero-order chi connectivity index (χ0) is 11.1. The van der Waals surface area contributed by atoms with Crippen molar-refractivity contribution in [3.63, 3.8) is 0 Å². The van der Waals surface area contributed by atoms with Crippen LogP contribution in [0.25, 0.3) is 0 Å². The van der Waals surface area contributed by atoms with Crippen molar-refractivity contribution >= 4 is 11.8 Å². The fraction of sp³-hybridized carbons (Fsp3) is 1.00. The fourth-order valence-corrected chi connectivity index (χ4v) is 2.82. The molecule has 0 radical (unpaired) electrons. The monoisotopic (exact) mass is 230 g/mol. The third kappa shape index (κ3) is 4.75. The number of piperidine rings is 1. The Bertz CT molecular complexity index is 164. The molecule has 2 N–H and O–H groups in total. The van der Waals surface area contributed by atoms with Gasteiger partial charge in [-0.05, 0) is 63.6 Å². The summed E-state index contributed by atoms with van der Waals surface area (Å²) in [6.45, 7) is 5.74. The van der Waals surface area contributed by atoms with E-state index < -0.39 is 0 Å². The lowest BCUT2D eigenvalue weighted by molar-refractivity contribution is 0.119. The first-order chi connectivity index (χ1) is 7.27. The predicted molar refractivity (Wildman–Crippen MR) is 70.4 cm³/mol. The summed E-state index contributed by atoms with van der Waals surface area (Å²) in [6.07, 6.45) is 7.57. The second kappa shape index (κ2) is 7.53. The zero-order valence-electron chi connectivity index (χ0n) is 10.2. The number of hydrogen-bond acceptors (Lipinski definition) is 3. The molecule has 0 amide bonds. The van der Waals surface area contributed by atoms with E-state index in [0.717, 1.165) is 18.5 Å². The minimum Gasteiger partial charge on any atom is -0.330 e. The number of thioether (sulfide) groups is 1. The van der Waals surface area contributed by atoms with E-state index in [2.05, 4.69) is 18.1 Å². The first-order valence-electron chi connectivity index (χ1n) is 6.21. The molecule has 1 saturated heterocycles. The lowest BCUT2D eigenvalue weighted by Crippen LogP contribution is -2.44. The van der Waals surface area contributed by atoms with Gasteiger partial charge in [0.15, 0.2) is 0 Å². The Morgan fingerprint density at radius 2 is 2.13 bits per heavy atom. The highest BCUT2D eigenvalue weighted by Gasteiger charge is 2.23. The van der Waals surface area contributed by atoms with Crippen LogP contribution in [0.2, 0.25) is 0 Å². The standard InChI is InChI=1S/C12H26N2S/c1-11-5-6-12(9-13)10-14(11)7-3-4-8-15-2/h11-12H,3-10,13H2,1-2H3. The maximum absolute atomic E-state index is 5.76. The van der Waals surface area contributed by atoms with E-state index >= 15 is 0 Å². The van der Waals surface area contributed by atoms with Crippen LogP contribution in [0.3, 0.4) is 0 Å². The van der Waals surface area contributed by atoms with Crippen molar-refractivity contribution in [3.05, 3.63) is 0 Å². The van der Waals surface area contributed by atoms with Crippen LogP contribution in [0, 0.1) is 5.92 Å². The van der Waals surface area contributed by atoms with E-state index in [1.165, 1.54) is 44.5 Å². The second-order valence-corrected chi connectivity index (χ2v) is 5.71. The average molecular weight is 230 g/mol. The number of rotatable bonds is 6. The van der Waals surface area contributed by atoms with Crippen molar-refractivity contribution in [1.82, 2.24) is 4.90 Å². The van der Waals surface area contributed by atoms with Crippen LogP contribution in [-0.4, -0.2) is 42.6 Å². The van der Waals surface area contributed by atoms with E-state index in [-0.39, 0.29) is 0 Å². The Balaban J connectivity index is 2.19. The Morgan fingerprint density at radius 3 is 2.80 bits per heavy atom. The molecule has 1 aliphatic heterocycles. The number of nitrogens with zero attached hydrogens (tertiary/aromatic N) is 1. The van der Waals surface area contributed by atoms with Gasteiger partial charge in [0.2, 0.25) is 0 Å². The van der Waals surface area contributed by atoms with Gasteiger partial charge in [0.05, 0.1) is 0 Å². The molecule has 1 rings (SSSR count). The molecule has 1 aliphatic rings. The fourth-order valence-electron chi connectivity index (χ4n) is 2.33. The number of likely N-dealkylation sites (tertiary alicyclic amines) is 1. The van der Waals surface area contributed by atoms with Gasteiger partial charge in [-0.2, -0.15) is 11.8 Å². The maximum atomic E-state index is 5.76. The molecule has 0 aromatic rings. The molecule has 0 aliphatic carbocycles. The summed E-state index contributed by atoms with van der Waals surface area (Å²) in [5.41, 5.74) is 5.76. The highest BCUT2D eigenvalue weighted by molar-refractivity contribution is 7.98. The zero-order valence-corrected chi connectivity index (χ0v) is 11.1. The molecule has 0 aromatic carbocycles. The Kier molecular flexibility index (Phi) is 6.69. The second-order valence-electron chi connectivity index (χ2n) is 4.72. The molecule has 15 heavy (non-hydrogen) atoms. The predicted octanol–water partition coefficient (Wildman–Crippen LogP) is 2.19. The minimum absolute atomic E-state index is 0.752. The van der Waals surface area contributed by atoms with Crippen LogP contribution in [0.5, 0.6) is 0 Å². The largest absolute Gasteiger partial charge is 0.330 e. The summed E-state index contributed by atoms with van der Waals surface area (Å²) >= 11 is 1.96. The Morgan fingerprint density at radius 1 is 1.33 bits per heavy atom. The van der Waals surface area contributed by atoms with Crippen molar-refractivity contribution in [3.8, 4) is 0 Å². The lowest BCUT2D eigenvalue weighted by Gasteiger charge is -2.37. The van der Waals surface area contributed by atoms with Crippen molar-refractivity contribution in [1.29, 1.82) is 0 Å². The topological polar surface area (TPSA) is 29.3 Å². The first-order valence-corrected chi connectivity index (χ1v) is 7.60. The van der Waals surface area contributed by atoms with Gasteiger partial charge in [0.1, 0.15) is 0 Å². The van der Waals surface area contributed by atoms with Gasteiger partial charge < -0.3 is 10.6 Å². The van der Waals surface area contributed by atoms with Crippen LogP contribution >= 0.6 is 11.8 Å². The van der Waals surface area contributed by atoms with Crippen LogP contribution in [0.1, 0.15) is 32.6 Å². The summed E-state index contributed by atoms with van der Waals surface area (Å²) < 4.78 is 0. The molecule has 2 nitrogen and oxygen atoms in total. The van der Waals surface area contributed by atoms with E-state index in [0.29, 0.717) is 0 Å². The number of hydrogen-bond donors (Lipinski definition) is 1. The molecule has 0 spiro atoms. The highest BCUT2D eigenvalue weighted by Crippen LogP contribution is 2.21. The van der Waals surface area contributed by atoms with Crippen LogP contribution in [0.15, 0.2) is 0 Å². The SMILES string of the molecule is CSCCCCN1CC(CN)CCC1C. The third-order valence-corrected chi connectivity index (χ3v) is 4.18. The molecule has 0 aromatic heterocycles. The van der Waals surface area contributed by atoms with Crippen LogP contribution in [-0.2, 0) is 0 Å². The van der Waals surface area contributed by atoms with Crippen molar-refractivity contribution in [2.75, 3.05) is 31.6 Å². The molecule has 2 unspecified atom stereocenters. The van der Waals surface area contributed by atoms with Gasteiger partial charge in [-0.1, -0.05) is 0 Å². The smallest absolute Gasteiger partial charge is 0.00671 e. The summed E-state index contributed by atoms with van der Waals surface area (Å²) in [7, 11) is 0. The Labute approximate surface area is 99.0 Å². The summed E-state index contributed by atoms with van der Waals surface area (Å²) in [4.78, 5) is 2.64. The van der Waals surface area contributed by atoms with Gasteiger partial charge in [-0.25, -0.2) is 0 Å². The van der Waals surface area contributed by atoms with E-state index in [9.17, 15) is 0 Å². The molecule has 1 heterocycles. The summed E-state index contributed by atoms with van der Waals surface area (Å²) in [6, 6.07) is 0.780.